The molecule has 0 aliphatic heterocycles. The van der Waals surface area contributed by atoms with Gasteiger partial charge in [-0.25, -0.2) is 14.3 Å². The van der Waals surface area contributed by atoms with E-state index in [0.717, 1.165) is 11.0 Å². The lowest BCUT2D eigenvalue weighted by molar-refractivity contribution is 0.219. The van der Waals surface area contributed by atoms with Crippen LogP contribution in [0.15, 0.2) is 33.9 Å². The lowest BCUT2D eigenvalue weighted by atomic mass is 10.0. The topological polar surface area (TPSA) is 108 Å². The van der Waals surface area contributed by atoms with Gasteiger partial charge in [-0.3, -0.25) is 13.9 Å². The van der Waals surface area contributed by atoms with Gasteiger partial charge < -0.3 is 14.0 Å². The summed E-state index contributed by atoms with van der Waals surface area (Å²) < 4.78 is 25.9. The van der Waals surface area contributed by atoms with Crippen LogP contribution in [0, 0.1) is 19.3 Å². The third-order valence-electron chi connectivity index (χ3n) is 5.77. The van der Waals surface area contributed by atoms with Gasteiger partial charge in [0, 0.05) is 13.0 Å². The van der Waals surface area contributed by atoms with Gasteiger partial charge in [-0.05, 0) is 51.2 Å². The second-order valence-electron chi connectivity index (χ2n) is 8.22. The molecule has 0 amide bonds. The molecule has 1 aromatic carbocycles. The maximum Gasteiger partial charge on any atom is 0.333 e. The van der Waals surface area contributed by atoms with E-state index in [0.29, 0.717) is 50.5 Å². The van der Waals surface area contributed by atoms with Crippen molar-refractivity contribution in [2.24, 2.45) is 0 Å². The van der Waals surface area contributed by atoms with E-state index in [1.807, 2.05) is 12.1 Å². The zero-order valence-corrected chi connectivity index (χ0v) is 21.5. The Labute approximate surface area is 205 Å². The summed E-state index contributed by atoms with van der Waals surface area (Å²) in [6.07, 6.45) is 8.04. The van der Waals surface area contributed by atoms with E-state index >= 15 is 0 Å². The van der Waals surface area contributed by atoms with Gasteiger partial charge in [-0.1, -0.05) is 30.2 Å². The minimum Gasteiger partial charge on any atom is -0.336 e. The standard InChI is InChI=1S/C25H33N4O5P/c1-5-16-29-24(30)22-23(27-21(26-22)15-14-20-13-9-8-12-19(20)4)28(25(29)31)17-10-11-18-35(32,33-6-2)34-7-3/h1,8-9,12-13H,6-7,10-11,14-18H2,2-4H3,(H,26,27). The molecule has 188 valence electrons. The lowest BCUT2D eigenvalue weighted by Gasteiger charge is -2.17. The maximum absolute atomic E-state index is 13.1. The molecular weight excluding hydrogens is 467 g/mol. The van der Waals surface area contributed by atoms with Gasteiger partial charge in [0.25, 0.3) is 5.56 Å². The second kappa shape index (κ2) is 12.2. The van der Waals surface area contributed by atoms with E-state index in [-0.39, 0.29) is 18.2 Å². The number of H-pyrrole nitrogens is 1. The molecule has 0 aliphatic rings. The van der Waals surface area contributed by atoms with Crippen molar-refractivity contribution in [3.05, 3.63) is 62.1 Å². The van der Waals surface area contributed by atoms with Crippen LogP contribution < -0.4 is 11.2 Å². The molecule has 2 aromatic heterocycles. The molecule has 3 rings (SSSR count). The van der Waals surface area contributed by atoms with Crippen molar-refractivity contribution in [2.45, 2.75) is 59.5 Å². The van der Waals surface area contributed by atoms with Gasteiger partial charge >= 0.3 is 13.3 Å². The highest BCUT2D eigenvalue weighted by molar-refractivity contribution is 7.53. The van der Waals surface area contributed by atoms with Crippen molar-refractivity contribution in [2.75, 3.05) is 19.4 Å². The van der Waals surface area contributed by atoms with Crippen LogP contribution >= 0.6 is 7.60 Å². The van der Waals surface area contributed by atoms with Crippen LogP contribution in [0.25, 0.3) is 11.2 Å². The maximum atomic E-state index is 13.1. The number of imidazole rings is 1. The fraction of sp³-hybridized carbons (Fsp3) is 0.480. The first kappa shape index (κ1) is 26.7. The lowest BCUT2D eigenvalue weighted by Crippen LogP contribution is -2.40. The highest BCUT2D eigenvalue weighted by atomic mass is 31.2. The summed E-state index contributed by atoms with van der Waals surface area (Å²) in [5.41, 5.74) is 1.97. The molecule has 9 nitrogen and oxygen atoms in total. The number of hydrogen-bond donors (Lipinski definition) is 1. The number of terminal acetylenes is 1. The van der Waals surface area contributed by atoms with Gasteiger partial charge in [0.05, 0.1) is 25.9 Å². The quantitative estimate of drug-likeness (QED) is 0.218. The van der Waals surface area contributed by atoms with Crippen LogP contribution in [0.4, 0.5) is 0 Å². The average molecular weight is 501 g/mol. The third kappa shape index (κ3) is 6.40. The molecule has 0 saturated carbocycles. The molecule has 0 spiro atoms. The Bertz CT molecular complexity index is 1350. The Balaban J connectivity index is 1.86. The number of aryl methyl sites for hydroxylation is 4. The molecule has 0 fully saturated rings. The van der Waals surface area contributed by atoms with Crippen LogP contribution in [-0.4, -0.2) is 38.5 Å². The summed E-state index contributed by atoms with van der Waals surface area (Å²) in [7, 11) is -3.16. The van der Waals surface area contributed by atoms with Crippen LogP contribution in [0.5, 0.6) is 0 Å². The number of nitrogens with zero attached hydrogens (tertiary/aromatic N) is 3. The van der Waals surface area contributed by atoms with Crippen molar-refractivity contribution >= 4 is 18.8 Å². The summed E-state index contributed by atoms with van der Waals surface area (Å²) in [5, 5.41) is 0. The summed E-state index contributed by atoms with van der Waals surface area (Å²) in [4.78, 5) is 33.8. The SMILES string of the molecule is C#CCn1c(=O)c2[nH]c(CCc3ccccc3C)nc2n(CCCCP(=O)(OCC)OCC)c1=O. The molecule has 1 N–H and O–H groups in total. The Kier molecular flexibility index (Phi) is 9.27. The molecule has 35 heavy (non-hydrogen) atoms. The first-order valence-corrected chi connectivity index (χ1v) is 13.6. The van der Waals surface area contributed by atoms with Crippen LogP contribution in [0.3, 0.4) is 0 Å². The van der Waals surface area contributed by atoms with E-state index in [1.54, 1.807) is 13.8 Å². The predicted octanol–water partition coefficient (Wildman–Crippen LogP) is 3.66. The number of nitrogens with one attached hydrogen (secondary N) is 1. The number of fused-ring (bicyclic) bond motifs is 1. The largest absolute Gasteiger partial charge is 0.336 e. The summed E-state index contributed by atoms with van der Waals surface area (Å²) in [6, 6.07) is 8.11. The number of benzene rings is 1. The van der Waals surface area contributed by atoms with Crippen LogP contribution in [0.1, 0.15) is 43.6 Å². The van der Waals surface area contributed by atoms with Gasteiger partial charge in [-0.15, -0.1) is 6.42 Å². The number of unbranched alkanes of at least 4 members (excludes halogenated alkanes) is 1. The van der Waals surface area contributed by atoms with Gasteiger partial charge in [0.2, 0.25) is 0 Å². The first-order chi connectivity index (χ1) is 16.8. The predicted molar refractivity (Wildman–Crippen MR) is 137 cm³/mol. The number of rotatable bonds is 13. The van der Waals surface area contributed by atoms with E-state index in [9.17, 15) is 14.2 Å². The highest BCUT2D eigenvalue weighted by Gasteiger charge is 2.23. The van der Waals surface area contributed by atoms with E-state index < -0.39 is 18.8 Å². The molecule has 3 aromatic rings. The van der Waals surface area contributed by atoms with Gasteiger partial charge in [0.1, 0.15) is 11.3 Å². The van der Waals surface area contributed by atoms with Crippen LogP contribution in [0.2, 0.25) is 0 Å². The Morgan fingerprint density at radius 1 is 1.09 bits per heavy atom. The number of aromatic nitrogens is 4. The fourth-order valence-corrected chi connectivity index (χ4v) is 5.77. The zero-order chi connectivity index (χ0) is 25.4. The summed E-state index contributed by atoms with van der Waals surface area (Å²) in [6.45, 7) is 6.35. The van der Waals surface area contributed by atoms with Gasteiger partial charge in [0.15, 0.2) is 5.65 Å². The molecule has 2 heterocycles. The second-order valence-corrected chi connectivity index (χ2v) is 10.4. The van der Waals surface area contributed by atoms with Gasteiger partial charge in [-0.2, -0.15) is 0 Å². The molecule has 0 atom stereocenters. The van der Waals surface area contributed by atoms with Crippen molar-refractivity contribution in [1.82, 2.24) is 19.1 Å². The Hall–Kier alpha value is -2.92. The van der Waals surface area contributed by atoms with Crippen molar-refractivity contribution in [1.29, 1.82) is 0 Å². The summed E-state index contributed by atoms with van der Waals surface area (Å²) in [5.74, 6) is 3.01. The Morgan fingerprint density at radius 3 is 2.46 bits per heavy atom. The highest BCUT2D eigenvalue weighted by Crippen LogP contribution is 2.48. The molecule has 10 heteroatoms. The van der Waals surface area contributed by atoms with E-state index in [1.165, 1.54) is 15.7 Å². The van der Waals surface area contributed by atoms with E-state index in [2.05, 4.69) is 34.9 Å². The average Bonchev–Trinajstić information content (AvgIpc) is 3.25. The number of aromatic amines is 1. The van der Waals surface area contributed by atoms with E-state index in [4.69, 9.17) is 15.5 Å². The summed E-state index contributed by atoms with van der Waals surface area (Å²) >= 11 is 0. The normalized spacial score (nSPS) is 11.7. The molecule has 0 saturated heterocycles. The van der Waals surface area contributed by atoms with Crippen molar-refractivity contribution < 1.29 is 13.6 Å². The molecule has 0 unspecified atom stereocenters. The zero-order valence-electron chi connectivity index (χ0n) is 20.6. The van der Waals surface area contributed by atoms with Crippen molar-refractivity contribution in [3.63, 3.8) is 0 Å². The smallest absolute Gasteiger partial charge is 0.333 e. The third-order valence-corrected chi connectivity index (χ3v) is 7.93. The number of hydrogen-bond acceptors (Lipinski definition) is 6. The first-order valence-electron chi connectivity index (χ1n) is 11.9. The van der Waals surface area contributed by atoms with Crippen LogP contribution in [-0.2, 0) is 39.5 Å². The molecule has 0 bridgehead atoms. The minimum absolute atomic E-state index is 0.130. The van der Waals surface area contributed by atoms with Crippen molar-refractivity contribution in [3.8, 4) is 12.3 Å². The monoisotopic (exact) mass is 500 g/mol. The molecular formula is C25H33N4O5P. The molecule has 0 aliphatic carbocycles. The minimum atomic E-state index is -3.16. The Morgan fingerprint density at radius 2 is 1.80 bits per heavy atom. The molecule has 0 radical (unpaired) electrons. The fourth-order valence-electron chi connectivity index (χ4n) is 4.04.